The molecule has 0 spiro atoms. The second-order valence-corrected chi connectivity index (χ2v) is 16.8. The number of hydrogen-bond acceptors (Lipinski definition) is 1. The van der Waals surface area contributed by atoms with Crippen LogP contribution >= 0.6 is 0 Å². The van der Waals surface area contributed by atoms with Gasteiger partial charge < -0.3 is 4.42 Å². The van der Waals surface area contributed by atoms with Crippen molar-refractivity contribution in [1.29, 1.82) is 0 Å². The highest BCUT2D eigenvalue weighted by molar-refractivity contribution is 6.24. The third-order valence-corrected chi connectivity index (χ3v) is 13.2. The maximum Gasteiger partial charge on any atom is 0.136 e. The van der Waals surface area contributed by atoms with Gasteiger partial charge in [0, 0.05) is 10.8 Å². The quantitative estimate of drug-likeness (QED) is 0.158. The Balaban J connectivity index is 1.17. The van der Waals surface area contributed by atoms with E-state index >= 15 is 0 Å². The molecule has 0 radical (unpaired) electrons. The summed E-state index contributed by atoms with van der Waals surface area (Å²) in [5.74, 6) is 0. The second-order valence-electron chi connectivity index (χ2n) is 16.8. The molecular weight excluding hydrogens is 761 g/mol. The zero-order valence-corrected chi connectivity index (χ0v) is 34.3. The molecule has 0 saturated heterocycles. The largest absolute Gasteiger partial charge is 0.456 e. The molecule has 0 aliphatic rings. The smallest absolute Gasteiger partial charge is 0.136 e. The van der Waals surface area contributed by atoms with Crippen LogP contribution in [0.1, 0.15) is 0 Å². The van der Waals surface area contributed by atoms with Gasteiger partial charge in [0.15, 0.2) is 0 Å². The lowest BCUT2D eigenvalue weighted by molar-refractivity contribution is 0.669. The van der Waals surface area contributed by atoms with Gasteiger partial charge in [-0.05, 0) is 158 Å². The van der Waals surface area contributed by atoms with Crippen molar-refractivity contribution in [2.45, 2.75) is 0 Å². The molecule has 0 N–H and O–H groups in total. The zero-order chi connectivity index (χ0) is 41.4. The highest BCUT2D eigenvalue weighted by Gasteiger charge is 2.22. The summed E-state index contributed by atoms with van der Waals surface area (Å²) < 4.78 is 6.41. The summed E-state index contributed by atoms with van der Waals surface area (Å²) in [6, 6.07) is 84.8. The first kappa shape index (κ1) is 35.5. The van der Waals surface area contributed by atoms with Gasteiger partial charge in [0.1, 0.15) is 11.2 Å². The maximum absolute atomic E-state index is 6.41. The van der Waals surface area contributed by atoms with Crippen molar-refractivity contribution in [2.75, 3.05) is 0 Å². The monoisotopic (exact) mass is 798 g/mol. The fourth-order valence-electron chi connectivity index (χ4n) is 10.2. The predicted molar refractivity (Wildman–Crippen MR) is 268 cm³/mol. The second kappa shape index (κ2) is 14.2. The Labute approximate surface area is 364 Å². The Bertz CT molecular complexity index is 3960. The fourth-order valence-corrected chi connectivity index (χ4v) is 10.2. The van der Waals surface area contributed by atoms with Crippen LogP contribution in [0.4, 0.5) is 0 Å². The van der Waals surface area contributed by atoms with Crippen molar-refractivity contribution in [2.24, 2.45) is 0 Å². The summed E-state index contributed by atoms with van der Waals surface area (Å²) in [7, 11) is 0. The summed E-state index contributed by atoms with van der Waals surface area (Å²) in [5, 5.41) is 14.5. The molecule has 13 aromatic rings. The fraction of sp³-hybridized carbons (Fsp3) is 0. The third kappa shape index (κ3) is 5.78. The van der Waals surface area contributed by atoms with Crippen LogP contribution in [-0.2, 0) is 0 Å². The van der Waals surface area contributed by atoms with E-state index in [0.717, 1.165) is 33.1 Å². The van der Waals surface area contributed by atoms with E-state index in [1.807, 2.05) is 6.07 Å². The molecule has 0 bridgehead atoms. The summed E-state index contributed by atoms with van der Waals surface area (Å²) in [4.78, 5) is 0. The van der Waals surface area contributed by atoms with E-state index in [2.05, 4.69) is 224 Å². The Morgan fingerprint density at radius 3 is 1.29 bits per heavy atom. The third-order valence-electron chi connectivity index (χ3n) is 13.2. The molecule has 0 aliphatic heterocycles. The summed E-state index contributed by atoms with van der Waals surface area (Å²) in [5.41, 5.74) is 13.8. The Hall–Kier alpha value is -8.26. The lowest BCUT2D eigenvalue weighted by atomic mass is 9.82. The van der Waals surface area contributed by atoms with E-state index in [1.165, 1.54) is 98.4 Å². The molecular formula is C62H38O. The van der Waals surface area contributed by atoms with Crippen molar-refractivity contribution in [1.82, 2.24) is 0 Å². The standard InChI is InChI=1S/C62H38O/c1-2-15-41(16-3-1)54-35-44-19-8-9-20-45(44)36-55(54)47-30-32-52-51-31-29-46(50-22-12-24-59-62(50)53-21-10-11-23-58(53)63-59)37-56(51)60(48-27-25-39-13-4-6-17-42(39)33-48)61(57(52)38-47)49-28-26-40-14-5-7-18-43(40)34-49/h1-38H. The van der Waals surface area contributed by atoms with Gasteiger partial charge >= 0.3 is 0 Å². The molecule has 1 heterocycles. The van der Waals surface area contributed by atoms with Crippen molar-refractivity contribution >= 4 is 75.8 Å². The molecule has 1 nitrogen and oxygen atoms in total. The molecule has 1 heteroatoms. The van der Waals surface area contributed by atoms with Gasteiger partial charge in [-0.1, -0.05) is 182 Å². The van der Waals surface area contributed by atoms with Gasteiger partial charge in [0.25, 0.3) is 0 Å². The summed E-state index contributed by atoms with van der Waals surface area (Å²) in [6.45, 7) is 0. The highest BCUT2D eigenvalue weighted by atomic mass is 16.3. The number of fused-ring (bicyclic) bond motifs is 9. The Morgan fingerprint density at radius 1 is 0.222 bits per heavy atom. The van der Waals surface area contributed by atoms with E-state index in [1.54, 1.807) is 0 Å². The van der Waals surface area contributed by atoms with Gasteiger partial charge in [-0.15, -0.1) is 0 Å². The minimum absolute atomic E-state index is 0.898. The molecule has 292 valence electrons. The molecule has 0 aliphatic carbocycles. The number of rotatable bonds is 5. The van der Waals surface area contributed by atoms with E-state index in [0.29, 0.717) is 0 Å². The topological polar surface area (TPSA) is 13.1 Å². The first-order chi connectivity index (χ1) is 31.2. The minimum atomic E-state index is 0.898. The maximum atomic E-state index is 6.41. The van der Waals surface area contributed by atoms with Gasteiger partial charge in [0.2, 0.25) is 0 Å². The van der Waals surface area contributed by atoms with Crippen molar-refractivity contribution < 1.29 is 4.42 Å². The summed E-state index contributed by atoms with van der Waals surface area (Å²) >= 11 is 0. The van der Waals surface area contributed by atoms with Gasteiger partial charge in [-0.2, -0.15) is 0 Å². The molecule has 0 saturated carbocycles. The molecule has 1 aromatic heterocycles. The van der Waals surface area contributed by atoms with Gasteiger partial charge in [-0.3, -0.25) is 0 Å². The molecule has 13 rings (SSSR count). The first-order valence-electron chi connectivity index (χ1n) is 21.7. The van der Waals surface area contributed by atoms with Crippen LogP contribution in [0, 0.1) is 0 Å². The molecule has 63 heavy (non-hydrogen) atoms. The molecule has 12 aromatic carbocycles. The molecule has 0 amide bonds. The molecule has 0 fully saturated rings. The average Bonchev–Trinajstić information content (AvgIpc) is 3.74. The molecule has 0 atom stereocenters. The SMILES string of the molecule is c1ccc(-c2cc3ccccc3cc2-c2ccc3c(c2)c(-c2ccc4ccccc4c2)c(-c2ccc4ccccc4c2)c2cc(-c4cccc5oc6ccccc6c45)ccc23)cc1. The van der Waals surface area contributed by atoms with Crippen molar-refractivity contribution in [3.8, 4) is 55.6 Å². The van der Waals surface area contributed by atoms with E-state index in [4.69, 9.17) is 4.42 Å². The molecule has 0 unspecified atom stereocenters. The van der Waals surface area contributed by atoms with Crippen LogP contribution in [0.25, 0.3) is 131 Å². The van der Waals surface area contributed by atoms with Crippen LogP contribution in [0.5, 0.6) is 0 Å². The number of benzene rings is 12. The van der Waals surface area contributed by atoms with Crippen molar-refractivity contribution in [3.63, 3.8) is 0 Å². The van der Waals surface area contributed by atoms with Crippen LogP contribution in [0.15, 0.2) is 235 Å². The van der Waals surface area contributed by atoms with Crippen LogP contribution in [0.2, 0.25) is 0 Å². The van der Waals surface area contributed by atoms with Crippen LogP contribution in [0.3, 0.4) is 0 Å². The number of hydrogen-bond donors (Lipinski definition) is 0. The Kier molecular flexibility index (Phi) is 7.98. The lowest BCUT2D eigenvalue weighted by Crippen LogP contribution is -1.94. The minimum Gasteiger partial charge on any atom is -0.456 e. The average molecular weight is 799 g/mol. The van der Waals surface area contributed by atoms with E-state index in [9.17, 15) is 0 Å². The van der Waals surface area contributed by atoms with Gasteiger partial charge in [-0.25, -0.2) is 0 Å². The van der Waals surface area contributed by atoms with E-state index in [-0.39, 0.29) is 0 Å². The predicted octanol–water partition coefficient (Wildman–Crippen LogP) is 17.7. The summed E-state index contributed by atoms with van der Waals surface area (Å²) in [6.07, 6.45) is 0. The van der Waals surface area contributed by atoms with Crippen LogP contribution < -0.4 is 0 Å². The first-order valence-corrected chi connectivity index (χ1v) is 21.7. The number of para-hydroxylation sites is 1. The Morgan fingerprint density at radius 2 is 0.683 bits per heavy atom. The normalized spacial score (nSPS) is 11.8. The number of furan rings is 1. The highest BCUT2D eigenvalue weighted by Crippen LogP contribution is 2.49. The zero-order valence-electron chi connectivity index (χ0n) is 34.3. The van der Waals surface area contributed by atoms with Crippen LogP contribution in [-0.4, -0.2) is 0 Å². The lowest BCUT2D eigenvalue weighted by Gasteiger charge is -2.21. The van der Waals surface area contributed by atoms with E-state index < -0.39 is 0 Å². The van der Waals surface area contributed by atoms with Gasteiger partial charge in [0.05, 0.1) is 0 Å². The van der Waals surface area contributed by atoms with Crippen molar-refractivity contribution in [3.05, 3.63) is 231 Å².